The lowest BCUT2D eigenvalue weighted by Crippen LogP contribution is -2.12. The van der Waals surface area contributed by atoms with Crippen LogP contribution in [-0.4, -0.2) is 12.6 Å². The van der Waals surface area contributed by atoms with Crippen LogP contribution < -0.4 is 10.1 Å². The maximum atomic E-state index is 8.66. The van der Waals surface area contributed by atoms with E-state index in [1.54, 1.807) is 0 Å². The monoisotopic (exact) mass is 190 g/mol. The van der Waals surface area contributed by atoms with E-state index in [4.69, 9.17) is 10.00 Å². The van der Waals surface area contributed by atoms with Crippen molar-refractivity contribution >= 4 is 5.69 Å². The number of nitrogens with zero attached hydrogens (tertiary/aromatic N) is 1. The third kappa shape index (κ3) is 2.67. The van der Waals surface area contributed by atoms with Gasteiger partial charge in [0.05, 0.1) is 18.4 Å². The Morgan fingerprint density at radius 3 is 2.86 bits per heavy atom. The van der Waals surface area contributed by atoms with E-state index in [1.165, 1.54) is 0 Å². The molecule has 1 aromatic carbocycles. The Kier molecular flexibility index (Phi) is 3.81. The second-order valence-corrected chi connectivity index (χ2v) is 2.92. The van der Waals surface area contributed by atoms with Gasteiger partial charge in [0.25, 0.3) is 0 Å². The van der Waals surface area contributed by atoms with Crippen molar-refractivity contribution in [3.05, 3.63) is 24.3 Å². The van der Waals surface area contributed by atoms with Gasteiger partial charge in [-0.05, 0) is 26.0 Å². The number of ether oxygens (including phenoxy) is 1. The minimum absolute atomic E-state index is 0.211. The van der Waals surface area contributed by atoms with Crippen molar-refractivity contribution in [3.8, 4) is 11.8 Å². The van der Waals surface area contributed by atoms with Crippen LogP contribution in [0.5, 0.6) is 5.75 Å². The van der Waals surface area contributed by atoms with Gasteiger partial charge in [0, 0.05) is 0 Å². The number of para-hydroxylation sites is 2. The lowest BCUT2D eigenvalue weighted by molar-refractivity contribution is 0.341. The van der Waals surface area contributed by atoms with Gasteiger partial charge < -0.3 is 10.1 Å². The number of hydrogen-bond donors (Lipinski definition) is 1. The summed E-state index contributed by atoms with van der Waals surface area (Å²) in [5, 5.41) is 11.7. The molecule has 0 fully saturated rings. The van der Waals surface area contributed by atoms with Crippen molar-refractivity contribution in [1.29, 1.82) is 5.26 Å². The van der Waals surface area contributed by atoms with Crippen LogP contribution >= 0.6 is 0 Å². The molecule has 3 nitrogen and oxygen atoms in total. The Bertz CT molecular complexity index is 330. The fourth-order valence-electron chi connectivity index (χ4n) is 1.13. The maximum Gasteiger partial charge on any atom is 0.142 e. The SMILES string of the molecule is CCOc1ccccc1NC(C)C#N. The van der Waals surface area contributed by atoms with E-state index < -0.39 is 0 Å². The Labute approximate surface area is 84.3 Å². The highest BCUT2D eigenvalue weighted by molar-refractivity contribution is 5.57. The minimum Gasteiger partial charge on any atom is -0.492 e. The molecule has 0 spiro atoms. The first-order chi connectivity index (χ1) is 6.77. The Hall–Kier alpha value is -1.69. The summed E-state index contributed by atoms with van der Waals surface area (Å²) < 4.78 is 5.41. The second-order valence-electron chi connectivity index (χ2n) is 2.92. The minimum atomic E-state index is -0.211. The molecule has 0 aliphatic carbocycles. The summed E-state index contributed by atoms with van der Waals surface area (Å²) in [6.07, 6.45) is 0. The molecule has 1 unspecified atom stereocenters. The quantitative estimate of drug-likeness (QED) is 0.793. The molecule has 0 aliphatic rings. The molecule has 1 rings (SSSR count). The first-order valence-electron chi connectivity index (χ1n) is 4.66. The van der Waals surface area contributed by atoms with E-state index in [9.17, 15) is 0 Å². The highest BCUT2D eigenvalue weighted by atomic mass is 16.5. The van der Waals surface area contributed by atoms with Crippen molar-refractivity contribution in [2.45, 2.75) is 19.9 Å². The van der Waals surface area contributed by atoms with Crippen LogP contribution in [0.15, 0.2) is 24.3 Å². The molecule has 0 saturated carbocycles. The fourth-order valence-corrected chi connectivity index (χ4v) is 1.13. The molecule has 14 heavy (non-hydrogen) atoms. The third-order valence-corrected chi connectivity index (χ3v) is 1.75. The van der Waals surface area contributed by atoms with E-state index >= 15 is 0 Å². The van der Waals surface area contributed by atoms with E-state index in [0.29, 0.717) is 6.61 Å². The van der Waals surface area contributed by atoms with Gasteiger partial charge in [-0.2, -0.15) is 5.26 Å². The average molecular weight is 190 g/mol. The molecule has 0 aromatic heterocycles. The molecule has 74 valence electrons. The Balaban J connectivity index is 2.79. The van der Waals surface area contributed by atoms with Crippen LogP contribution in [0.2, 0.25) is 0 Å². The normalized spacial score (nSPS) is 11.5. The molecule has 0 amide bonds. The summed E-state index contributed by atoms with van der Waals surface area (Å²) in [5.74, 6) is 0.789. The molecule has 1 atom stereocenters. The molecule has 0 bridgehead atoms. The standard InChI is InChI=1S/C11H14N2O/c1-3-14-11-7-5-4-6-10(11)13-9(2)8-12/h4-7,9,13H,3H2,1-2H3. The Morgan fingerprint density at radius 1 is 1.50 bits per heavy atom. The summed E-state index contributed by atoms with van der Waals surface area (Å²) in [6.45, 7) is 4.37. The summed E-state index contributed by atoms with van der Waals surface area (Å²) in [7, 11) is 0. The summed E-state index contributed by atoms with van der Waals surface area (Å²) in [5.41, 5.74) is 0.864. The van der Waals surface area contributed by atoms with Gasteiger partial charge in [-0.3, -0.25) is 0 Å². The first kappa shape index (κ1) is 10.4. The fraction of sp³-hybridized carbons (Fsp3) is 0.364. The summed E-state index contributed by atoms with van der Waals surface area (Å²) in [6, 6.07) is 9.51. The average Bonchev–Trinajstić information content (AvgIpc) is 2.21. The number of rotatable bonds is 4. The van der Waals surface area contributed by atoms with E-state index in [-0.39, 0.29) is 6.04 Å². The highest BCUT2D eigenvalue weighted by Gasteiger charge is 2.04. The zero-order chi connectivity index (χ0) is 10.4. The van der Waals surface area contributed by atoms with Gasteiger partial charge in [0.15, 0.2) is 0 Å². The van der Waals surface area contributed by atoms with E-state index in [0.717, 1.165) is 11.4 Å². The number of anilines is 1. The molecular formula is C11H14N2O. The van der Waals surface area contributed by atoms with Crippen LogP contribution in [0.25, 0.3) is 0 Å². The third-order valence-electron chi connectivity index (χ3n) is 1.75. The van der Waals surface area contributed by atoms with E-state index in [1.807, 2.05) is 38.1 Å². The van der Waals surface area contributed by atoms with Crippen LogP contribution in [0.4, 0.5) is 5.69 Å². The predicted molar refractivity (Wildman–Crippen MR) is 56.3 cm³/mol. The molecule has 0 aliphatic heterocycles. The van der Waals surface area contributed by atoms with Crippen molar-refractivity contribution in [2.75, 3.05) is 11.9 Å². The van der Waals surface area contributed by atoms with Crippen molar-refractivity contribution < 1.29 is 4.74 Å². The highest BCUT2D eigenvalue weighted by Crippen LogP contribution is 2.24. The number of nitriles is 1. The number of benzene rings is 1. The number of nitrogens with one attached hydrogen (secondary N) is 1. The largest absolute Gasteiger partial charge is 0.492 e. The van der Waals surface area contributed by atoms with Crippen molar-refractivity contribution in [1.82, 2.24) is 0 Å². The number of hydrogen-bond acceptors (Lipinski definition) is 3. The van der Waals surface area contributed by atoms with Crippen molar-refractivity contribution in [2.24, 2.45) is 0 Å². The zero-order valence-electron chi connectivity index (χ0n) is 8.45. The molecule has 0 saturated heterocycles. The van der Waals surface area contributed by atoms with Gasteiger partial charge in [0.1, 0.15) is 11.8 Å². The topological polar surface area (TPSA) is 45.0 Å². The van der Waals surface area contributed by atoms with Gasteiger partial charge >= 0.3 is 0 Å². The smallest absolute Gasteiger partial charge is 0.142 e. The maximum absolute atomic E-state index is 8.66. The molecule has 3 heteroatoms. The molecular weight excluding hydrogens is 176 g/mol. The molecule has 1 N–H and O–H groups in total. The lowest BCUT2D eigenvalue weighted by atomic mass is 10.2. The van der Waals surface area contributed by atoms with Crippen LogP contribution in [-0.2, 0) is 0 Å². The lowest BCUT2D eigenvalue weighted by Gasteiger charge is -2.12. The molecule has 0 radical (unpaired) electrons. The Morgan fingerprint density at radius 2 is 2.21 bits per heavy atom. The van der Waals surface area contributed by atoms with Gasteiger partial charge in [-0.25, -0.2) is 0 Å². The molecule has 1 aromatic rings. The zero-order valence-corrected chi connectivity index (χ0v) is 8.45. The van der Waals surface area contributed by atoms with Crippen LogP contribution in [0.1, 0.15) is 13.8 Å². The molecule has 0 heterocycles. The second kappa shape index (κ2) is 5.13. The van der Waals surface area contributed by atoms with Crippen molar-refractivity contribution in [3.63, 3.8) is 0 Å². The van der Waals surface area contributed by atoms with Gasteiger partial charge in [-0.15, -0.1) is 0 Å². The summed E-state index contributed by atoms with van der Waals surface area (Å²) >= 11 is 0. The summed E-state index contributed by atoms with van der Waals surface area (Å²) in [4.78, 5) is 0. The van der Waals surface area contributed by atoms with E-state index in [2.05, 4.69) is 11.4 Å². The predicted octanol–water partition coefficient (Wildman–Crippen LogP) is 2.41. The van der Waals surface area contributed by atoms with Crippen LogP contribution in [0, 0.1) is 11.3 Å². The first-order valence-corrected chi connectivity index (χ1v) is 4.66. The van der Waals surface area contributed by atoms with Gasteiger partial charge in [0.2, 0.25) is 0 Å². The van der Waals surface area contributed by atoms with Crippen LogP contribution in [0.3, 0.4) is 0 Å². The van der Waals surface area contributed by atoms with Gasteiger partial charge in [-0.1, -0.05) is 12.1 Å².